The van der Waals surface area contributed by atoms with Gasteiger partial charge in [0, 0.05) is 11.0 Å². The largest absolute Gasteiger partial charge is 0.456 e. The fourth-order valence-corrected chi connectivity index (χ4v) is 1.91. The van der Waals surface area contributed by atoms with Crippen LogP contribution >= 0.6 is 0 Å². The van der Waals surface area contributed by atoms with Crippen molar-refractivity contribution in [3.05, 3.63) is 78.6 Å². The van der Waals surface area contributed by atoms with E-state index in [1.165, 1.54) is 0 Å². The summed E-state index contributed by atoms with van der Waals surface area (Å²) in [6.07, 6.45) is 0. The number of benzene rings is 2. The van der Waals surface area contributed by atoms with Crippen LogP contribution in [0.4, 0.5) is 0 Å². The van der Waals surface area contributed by atoms with Crippen molar-refractivity contribution < 1.29 is 4.42 Å². The smallest absolute Gasteiger partial charge is 0.135 e. The van der Waals surface area contributed by atoms with Crippen LogP contribution in [-0.4, -0.2) is 0 Å². The average molecular weight is 220 g/mol. The lowest BCUT2D eigenvalue weighted by atomic mass is 10.1. The minimum atomic E-state index is 0.831. The van der Waals surface area contributed by atoms with Gasteiger partial charge in [-0.1, -0.05) is 55.1 Å². The van der Waals surface area contributed by atoms with Crippen molar-refractivity contribution in [2.45, 2.75) is 0 Å². The first-order valence-corrected chi connectivity index (χ1v) is 5.58. The van der Waals surface area contributed by atoms with E-state index in [1.54, 1.807) is 0 Å². The van der Waals surface area contributed by atoms with E-state index in [4.69, 9.17) is 4.42 Å². The summed E-state index contributed by atoms with van der Waals surface area (Å²) >= 11 is 0. The summed E-state index contributed by atoms with van der Waals surface area (Å²) < 4.78 is 5.78. The molecule has 0 fully saturated rings. The van der Waals surface area contributed by atoms with E-state index >= 15 is 0 Å². The Hall–Kier alpha value is -2.28. The number of furan rings is 1. The molecular formula is C16H12O. The van der Waals surface area contributed by atoms with E-state index in [-0.39, 0.29) is 0 Å². The first-order chi connectivity index (χ1) is 8.34. The van der Waals surface area contributed by atoms with Gasteiger partial charge in [0.05, 0.1) is 0 Å². The zero-order chi connectivity index (χ0) is 11.7. The van der Waals surface area contributed by atoms with E-state index in [1.807, 2.05) is 60.7 Å². The molecule has 0 saturated heterocycles. The second-order valence-corrected chi connectivity index (χ2v) is 3.99. The van der Waals surface area contributed by atoms with Gasteiger partial charge in [-0.05, 0) is 17.7 Å². The fourth-order valence-electron chi connectivity index (χ4n) is 1.91. The lowest BCUT2D eigenvalue weighted by Crippen LogP contribution is -1.81. The molecule has 3 aromatic rings. The second-order valence-electron chi connectivity index (χ2n) is 3.99. The fraction of sp³-hybridized carbons (Fsp3) is 0. The van der Waals surface area contributed by atoms with Crippen molar-refractivity contribution in [2.75, 3.05) is 0 Å². The third-order valence-corrected chi connectivity index (χ3v) is 2.85. The van der Waals surface area contributed by atoms with Crippen LogP contribution in [0.1, 0.15) is 11.3 Å². The molecule has 82 valence electrons. The third-order valence-electron chi connectivity index (χ3n) is 2.85. The number of hydrogen-bond acceptors (Lipinski definition) is 1. The standard InChI is InChI=1S/C16H12O/c1-12(13-7-3-2-4-8-13)16-11-14-9-5-6-10-15(14)17-16/h2-11H,1H2. The molecule has 1 heterocycles. The molecule has 1 heteroatoms. The Morgan fingerprint density at radius 3 is 2.35 bits per heavy atom. The van der Waals surface area contributed by atoms with Crippen LogP contribution < -0.4 is 0 Å². The Balaban J connectivity index is 2.07. The zero-order valence-corrected chi connectivity index (χ0v) is 9.39. The van der Waals surface area contributed by atoms with Gasteiger partial charge in [-0.3, -0.25) is 0 Å². The van der Waals surface area contributed by atoms with Gasteiger partial charge >= 0.3 is 0 Å². The molecular weight excluding hydrogens is 208 g/mol. The summed E-state index contributed by atoms with van der Waals surface area (Å²) in [6, 6.07) is 20.1. The van der Waals surface area contributed by atoms with Gasteiger partial charge < -0.3 is 4.42 Å². The van der Waals surface area contributed by atoms with Crippen molar-refractivity contribution in [3.63, 3.8) is 0 Å². The van der Waals surface area contributed by atoms with Crippen LogP contribution in [0.15, 0.2) is 71.7 Å². The van der Waals surface area contributed by atoms with Crippen molar-refractivity contribution in [2.24, 2.45) is 0 Å². The molecule has 0 radical (unpaired) electrons. The highest BCUT2D eigenvalue weighted by Crippen LogP contribution is 2.27. The molecule has 0 aliphatic rings. The third kappa shape index (κ3) is 1.76. The first-order valence-electron chi connectivity index (χ1n) is 5.58. The lowest BCUT2D eigenvalue weighted by Gasteiger charge is -2.00. The normalized spacial score (nSPS) is 10.6. The Bertz CT molecular complexity index is 629. The quantitative estimate of drug-likeness (QED) is 0.620. The maximum Gasteiger partial charge on any atom is 0.135 e. The van der Waals surface area contributed by atoms with E-state index in [9.17, 15) is 0 Å². The van der Waals surface area contributed by atoms with Crippen molar-refractivity contribution in [3.8, 4) is 0 Å². The number of rotatable bonds is 2. The predicted octanol–water partition coefficient (Wildman–Crippen LogP) is 4.49. The number of para-hydroxylation sites is 1. The van der Waals surface area contributed by atoms with Gasteiger partial charge in [0.1, 0.15) is 11.3 Å². The Kier molecular flexibility index (Phi) is 2.30. The van der Waals surface area contributed by atoms with Crippen LogP contribution in [0, 0.1) is 0 Å². The Morgan fingerprint density at radius 2 is 1.59 bits per heavy atom. The highest BCUT2D eigenvalue weighted by molar-refractivity contribution is 5.85. The molecule has 0 spiro atoms. The highest BCUT2D eigenvalue weighted by atomic mass is 16.3. The molecule has 0 amide bonds. The van der Waals surface area contributed by atoms with Gasteiger partial charge in [0.15, 0.2) is 0 Å². The highest BCUT2D eigenvalue weighted by Gasteiger charge is 2.07. The monoisotopic (exact) mass is 220 g/mol. The molecule has 1 aromatic heterocycles. The average Bonchev–Trinajstić information content (AvgIpc) is 2.82. The van der Waals surface area contributed by atoms with Crippen molar-refractivity contribution in [1.82, 2.24) is 0 Å². The minimum Gasteiger partial charge on any atom is -0.456 e. The van der Waals surface area contributed by atoms with Crippen LogP contribution in [0.2, 0.25) is 0 Å². The zero-order valence-electron chi connectivity index (χ0n) is 9.39. The number of hydrogen-bond donors (Lipinski definition) is 0. The topological polar surface area (TPSA) is 13.1 Å². The molecule has 3 rings (SSSR count). The van der Waals surface area contributed by atoms with Crippen molar-refractivity contribution in [1.29, 1.82) is 0 Å². The van der Waals surface area contributed by atoms with E-state index < -0.39 is 0 Å². The van der Waals surface area contributed by atoms with Gasteiger partial charge in [-0.25, -0.2) is 0 Å². The summed E-state index contributed by atoms with van der Waals surface area (Å²) in [5, 5.41) is 1.11. The maximum atomic E-state index is 5.78. The summed E-state index contributed by atoms with van der Waals surface area (Å²) in [6.45, 7) is 4.10. The van der Waals surface area contributed by atoms with E-state index in [0.29, 0.717) is 0 Å². The van der Waals surface area contributed by atoms with Crippen molar-refractivity contribution >= 4 is 16.5 Å². The second kappa shape index (κ2) is 3.95. The molecule has 0 atom stereocenters. The maximum absolute atomic E-state index is 5.78. The molecule has 0 saturated carbocycles. The molecule has 0 bridgehead atoms. The number of fused-ring (bicyclic) bond motifs is 1. The minimum absolute atomic E-state index is 0.831. The summed E-state index contributed by atoms with van der Waals surface area (Å²) in [4.78, 5) is 0. The van der Waals surface area contributed by atoms with Gasteiger partial charge in [-0.2, -0.15) is 0 Å². The van der Waals surface area contributed by atoms with E-state index in [2.05, 4.69) is 6.58 Å². The van der Waals surface area contributed by atoms with Gasteiger partial charge in [0.2, 0.25) is 0 Å². The Labute approximate surface area is 100 Å². The van der Waals surface area contributed by atoms with E-state index in [0.717, 1.165) is 27.9 Å². The molecule has 0 N–H and O–H groups in total. The van der Waals surface area contributed by atoms with Crippen LogP contribution in [-0.2, 0) is 0 Å². The van der Waals surface area contributed by atoms with Crippen LogP contribution in [0.3, 0.4) is 0 Å². The van der Waals surface area contributed by atoms with Gasteiger partial charge in [-0.15, -0.1) is 0 Å². The molecule has 0 aliphatic heterocycles. The van der Waals surface area contributed by atoms with Gasteiger partial charge in [0.25, 0.3) is 0 Å². The lowest BCUT2D eigenvalue weighted by molar-refractivity contribution is 0.601. The molecule has 1 nitrogen and oxygen atoms in total. The SMILES string of the molecule is C=C(c1ccccc1)c1cc2ccccc2o1. The van der Waals surface area contributed by atoms with Crippen LogP contribution in [0.5, 0.6) is 0 Å². The molecule has 0 aliphatic carbocycles. The molecule has 17 heavy (non-hydrogen) atoms. The molecule has 2 aromatic carbocycles. The first kappa shape index (κ1) is 9.91. The summed E-state index contributed by atoms with van der Waals surface area (Å²) in [7, 11) is 0. The predicted molar refractivity (Wildman–Crippen MR) is 70.8 cm³/mol. The summed E-state index contributed by atoms with van der Waals surface area (Å²) in [5.74, 6) is 0.831. The van der Waals surface area contributed by atoms with Crippen LogP contribution in [0.25, 0.3) is 16.5 Å². The Morgan fingerprint density at radius 1 is 0.882 bits per heavy atom. The summed E-state index contributed by atoms with van der Waals surface area (Å²) in [5.41, 5.74) is 2.91. The molecule has 0 unspecified atom stereocenters.